The summed E-state index contributed by atoms with van der Waals surface area (Å²) < 4.78 is 31.2. The van der Waals surface area contributed by atoms with Gasteiger partial charge in [0, 0.05) is 24.3 Å². The molecule has 0 aliphatic carbocycles. The van der Waals surface area contributed by atoms with Crippen LogP contribution in [0.4, 0.5) is 14.5 Å². The highest BCUT2D eigenvalue weighted by Crippen LogP contribution is 2.28. The zero-order valence-corrected chi connectivity index (χ0v) is 10.0. The fraction of sp³-hybridized carbons (Fsp3) is 0.0769. The van der Waals surface area contributed by atoms with Gasteiger partial charge in [-0.25, -0.2) is 8.78 Å². The van der Waals surface area contributed by atoms with Crippen molar-refractivity contribution in [2.75, 3.05) is 0 Å². The van der Waals surface area contributed by atoms with E-state index in [1.54, 1.807) is 0 Å². The second-order valence-corrected chi connectivity index (χ2v) is 3.91. The molecule has 0 amide bonds. The molecule has 0 aliphatic heterocycles. The second kappa shape index (κ2) is 5.62. The molecular formula is C13H9F2NO4. The molecule has 0 unspecified atom stereocenters. The molecule has 7 heteroatoms. The van der Waals surface area contributed by atoms with Crippen LogP contribution in [0.15, 0.2) is 36.4 Å². The monoisotopic (exact) mass is 281 g/mol. The highest BCUT2D eigenvalue weighted by Gasteiger charge is 2.14. The zero-order valence-electron chi connectivity index (χ0n) is 10.0. The smallest absolute Gasteiger partial charge is 0.275 e. The van der Waals surface area contributed by atoms with Gasteiger partial charge in [-0.2, -0.15) is 0 Å². The summed E-state index contributed by atoms with van der Waals surface area (Å²) in [7, 11) is 0. The van der Waals surface area contributed by atoms with Gasteiger partial charge in [0.1, 0.15) is 23.1 Å². The molecule has 0 bridgehead atoms. The normalized spacial score (nSPS) is 10.3. The van der Waals surface area contributed by atoms with Crippen LogP contribution in [-0.2, 0) is 6.61 Å². The average molecular weight is 281 g/mol. The summed E-state index contributed by atoms with van der Waals surface area (Å²) >= 11 is 0. The standard InChI is InChI=1S/C13H9F2NO4/c14-9-4-10(15)6-12(5-9)20-11-1-2-13(16(18)19)8(3-11)7-17/h1-6,17H,7H2. The van der Waals surface area contributed by atoms with E-state index < -0.39 is 23.2 Å². The van der Waals surface area contributed by atoms with Crippen LogP contribution in [0.3, 0.4) is 0 Å². The Kier molecular flexibility index (Phi) is 3.90. The number of rotatable bonds is 4. The number of ether oxygens (including phenoxy) is 1. The molecule has 2 rings (SSSR count). The van der Waals surface area contributed by atoms with Gasteiger partial charge in [0.25, 0.3) is 5.69 Å². The molecule has 0 spiro atoms. The Morgan fingerprint density at radius 2 is 1.75 bits per heavy atom. The maximum Gasteiger partial charge on any atom is 0.275 e. The van der Waals surface area contributed by atoms with Crippen molar-refractivity contribution in [3.63, 3.8) is 0 Å². The van der Waals surface area contributed by atoms with Crippen LogP contribution >= 0.6 is 0 Å². The summed E-state index contributed by atoms with van der Waals surface area (Å²) in [6, 6.07) is 6.31. The van der Waals surface area contributed by atoms with E-state index in [1.807, 2.05) is 0 Å². The molecule has 0 radical (unpaired) electrons. The lowest BCUT2D eigenvalue weighted by Crippen LogP contribution is -1.96. The van der Waals surface area contributed by atoms with Crippen molar-refractivity contribution in [3.05, 3.63) is 63.7 Å². The molecule has 0 fully saturated rings. The van der Waals surface area contributed by atoms with Crippen LogP contribution in [0.2, 0.25) is 0 Å². The van der Waals surface area contributed by atoms with Gasteiger partial charge in [0.2, 0.25) is 0 Å². The molecule has 20 heavy (non-hydrogen) atoms. The molecule has 0 aromatic heterocycles. The number of halogens is 2. The van der Waals surface area contributed by atoms with E-state index in [0.29, 0.717) is 6.07 Å². The van der Waals surface area contributed by atoms with Crippen LogP contribution in [0, 0.1) is 21.7 Å². The number of hydrogen-bond acceptors (Lipinski definition) is 4. The van der Waals surface area contributed by atoms with Crippen molar-refractivity contribution >= 4 is 5.69 Å². The van der Waals surface area contributed by atoms with E-state index in [2.05, 4.69) is 0 Å². The third kappa shape index (κ3) is 3.07. The van der Waals surface area contributed by atoms with Crippen molar-refractivity contribution in [3.8, 4) is 11.5 Å². The molecule has 2 aromatic rings. The quantitative estimate of drug-likeness (QED) is 0.690. The zero-order chi connectivity index (χ0) is 14.7. The van der Waals surface area contributed by atoms with E-state index in [4.69, 9.17) is 9.84 Å². The van der Waals surface area contributed by atoms with Crippen LogP contribution in [0.25, 0.3) is 0 Å². The molecule has 1 N–H and O–H groups in total. The molecule has 0 heterocycles. The summed E-state index contributed by atoms with van der Waals surface area (Å²) in [4.78, 5) is 10.1. The van der Waals surface area contributed by atoms with Crippen LogP contribution < -0.4 is 4.74 Å². The Morgan fingerprint density at radius 3 is 2.30 bits per heavy atom. The summed E-state index contributed by atoms with van der Waals surface area (Å²) in [5.74, 6) is -1.56. The van der Waals surface area contributed by atoms with Crippen molar-refractivity contribution in [2.45, 2.75) is 6.61 Å². The lowest BCUT2D eigenvalue weighted by molar-refractivity contribution is -0.385. The summed E-state index contributed by atoms with van der Waals surface area (Å²) in [6.07, 6.45) is 0. The first-order valence-electron chi connectivity index (χ1n) is 5.51. The van der Waals surface area contributed by atoms with Gasteiger partial charge in [-0.05, 0) is 12.1 Å². The maximum atomic E-state index is 13.0. The van der Waals surface area contributed by atoms with Crippen LogP contribution in [0.5, 0.6) is 11.5 Å². The number of benzene rings is 2. The number of nitro groups is 1. The number of nitro benzene ring substituents is 1. The van der Waals surface area contributed by atoms with E-state index >= 15 is 0 Å². The SMILES string of the molecule is O=[N+]([O-])c1ccc(Oc2cc(F)cc(F)c2)cc1CO. The van der Waals surface area contributed by atoms with Crippen molar-refractivity contribution in [1.29, 1.82) is 0 Å². The minimum absolute atomic E-state index is 0.0457. The van der Waals surface area contributed by atoms with E-state index in [-0.39, 0.29) is 22.7 Å². The molecule has 5 nitrogen and oxygen atoms in total. The number of hydrogen-bond donors (Lipinski definition) is 1. The first-order chi connectivity index (χ1) is 9.49. The first-order valence-corrected chi connectivity index (χ1v) is 5.51. The third-order valence-electron chi connectivity index (χ3n) is 2.49. The van der Waals surface area contributed by atoms with Crippen molar-refractivity contribution < 1.29 is 23.5 Å². The predicted octanol–water partition coefficient (Wildman–Crippen LogP) is 3.16. The van der Waals surface area contributed by atoms with Crippen LogP contribution in [0.1, 0.15) is 5.56 Å². The average Bonchev–Trinajstić information content (AvgIpc) is 2.37. The fourth-order valence-electron chi connectivity index (χ4n) is 1.65. The Bertz CT molecular complexity index is 641. The Balaban J connectivity index is 2.32. The second-order valence-electron chi connectivity index (χ2n) is 3.91. The molecule has 104 valence electrons. The number of aliphatic hydroxyl groups excluding tert-OH is 1. The lowest BCUT2D eigenvalue weighted by Gasteiger charge is -2.07. The van der Waals surface area contributed by atoms with E-state index in [9.17, 15) is 18.9 Å². The molecule has 2 aromatic carbocycles. The van der Waals surface area contributed by atoms with Gasteiger partial charge in [-0.15, -0.1) is 0 Å². The highest BCUT2D eigenvalue weighted by molar-refractivity contribution is 5.46. The van der Waals surface area contributed by atoms with Crippen LogP contribution in [-0.4, -0.2) is 10.0 Å². The molecule has 0 saturated heterocycles. The van der Waals surface area contributed by atoms with Gasteiger partial charge in [0.05, 0.1) is 17.1 Å². The number of aliphatic hydroxyl groups is 1. The summed E-state index contributed by atoms with van der Waals surface area (Å²) in [5.41, 5.74) is -0.213. The van der Waals surface area contributed by atoms with Crippen molar-refractivity contribution in [2.24, 2.45) is 0 Å². The largest absolute Gasteiger partial charge is 0.457 e. The van der Waals surface area contributed by atoms with E-state index in [1.165, 1.54) is 12.1 Å². The predicted molar refractivity (Wildman–Crippen MR) is 65.5 cm³/mol. The summed E-state index contributed by atoms with van der Waals surface area (Å²) in [6.45, 7) is -0.551. The third-order valence-corrected chi connectivity index (χ3v) is 2.49. The van der Waals surface area contributed by atoms with Gasteiger partial charge >= 0.3 is 0 Å². The topological polar surface area (TPSA) is 72.6 Å². The molecule has 0 saturated carbocycles. The van der Waals surface area contributed by atoms with Gasteiger partial charge in [-0.1, -0.05) is 0 Å². The fourth-order valence-corrected chi connectivity index (χ4v) is 1.65. The Labute approximate surface area is 112 Å². The Hall–Kier alpha value is -2.54. The Morgan fingerprint density at radius 1 is 1.10 bits per heavy atom. The lowest BCUT2D eigenvalue weighted by atomic mass is 10.2. The van der Waals surface area contributed by atoms with Crippen molar-refractivity contribution in [1.82, 2.24) is 0 Å². The highest BCUT2D eigenvalue weighted by atomic mass is 19.1. The molecular weight excluding hydrogens is 272 g/mol. The van der Waals surface area contributed by atoms with Gasteiger partial charge < -0.3 is 9.84 Å². The molecule has 0 aliphatic rings. The minimum atomic E-state index is -0.802. The van der Waals surface area contributed by atoms with Gasteiger partial charge in [0.15, 0.2) is 0 Å². The minimum Gasteiger partial charge on any atom is -0.457 e. The first kappa shape index (κ1) is 13.9. The maximum absolute atomic E-state index is 13.0. The van der Waals surface area contributed by atoms with E-state index in [0.717, 1.165) is 18.2 Å². The van der Waals surface area contributed by atoms with Gasteiger partial charge in [-0.3, -0.25) is 10.1 Å². The molecule has 0 atom stereocenters. The summed E-state index contributed by atoms with van der Waals surface area (Å²) in [5, 5.41) is 19.8. The number of nitrogens with zero attached hydrogens (tertiary/aromatic N) is 1.